The lowest BCUT2D eigenvalue weighted by Gasteiger charge is -2.31. The molecule has 0 aliphatic carbocycles. The van der Waals surface area contributed by atoms with Crippen molar-refractivity contribution in [2.45, 2.75) is 30.6 Å². The van der Waals surface area contributed by atoms with Crippen LogP contribution < -0.4 is 5.32 Å². The van der Waals surface area contributed by atoms with Crippen LogP contribution in [0.4, 0.5) is 10.1 Å². The fraction of sp³-hybridized carbons (Fsp3) is 0.391. The highest BCUT2D eigenvalue weighted by atomic mass is 35.5. The summed E-state index contributed by atoms with van der Waals surface area (Å²) >= 11 is 6.11. The Kier molecular flexibility index (Phi) is 7.02. The molecule has 1 atom stereocenters. The Hall–Kier alpha value is -2.49. The van der Waals surface area contributed by atoms with E-state index in [0.29, 0.717) is 42.2 Å². The number of nitrogens with one attached hydrogen (secondary N) is 1. The summed E-state index contributed by atoms with van der Waals surface area (Å²) in [6.07, 6.45) is 2.91. The average Bonchev–Trinajstić information content (AvgIpc) is 3.35. The van der Waals surface area contributed by atoms with Crippen LogP contribution in [0.2, 0.25) is 5.02 Å². The van der Waals surface area contributed by atoms with Crippen LogP contribution >= 0.6 is 11.6 Å². The molecule has 7 nitrogen and oxygen atoms in total. The summed E-state index contributed by atoms with van der Waals surface area (Å²) in [7, 11) is -3.85. The summed E-state index contributed by atoms with van der Waals surface area (Å²) in [5, 5.41) is 3.21. The van der Waals surface area contributed by atoms with Gasteiger partial charge in [-0.2, -0.15) is 4.31 Å². The number of sulfonamides is 1. The standard InChI is InChI=1S/C23H25ClFN3O4S/c24-17-5-10-21(20(14-17)23(30)27-11-1-2-12-27)26-22(29)16-4-3-13-28(15-16)33(31,32)19-8-6-18(25)7-9-19/h5-10,14,16H,1-4,11-13,15H2,(H,26,29). The van der Waals surface area contributed by atoms with E-state index in [1.54, 1.807) is 23.1 Å². The molecule has 2 amide bonds. The Morgan fingerprint density at radius 2 is 1.70 bits per heavy atom. The van der Waals surface area contributed by atoms with Gasteiger partial charge in [-0.05, 0) is 68.1 Å². The quantitative estimate of drug-likeness (QED) is 0.687. The molecule has 2 heterocycles. The minimum Gasteiger partial charge on any atom is -0.339 e. The van der Waals surface area contributed by atoms with Crippen molar-refractivity contribution < 1.29 is 22.4 Å². The van der Waals surface area contributed by atoms with Crippen molar-refractivity contribution in [1.29, 1.82) is 0 Å². The molecule has 2 saturated heterocycles. The lowest BCUT2D eigenvalue weighted by molar-refractivity contribution is -0.120. The first-order valence-electron chi connectivity index (χ1n) is 10.9. The van der Waals surface area contributed by atoms with Gasteiger partial charge in [0, 0.05) is 31.2 Å². The molecule has 1 N–H and O–H groups in total. The van der Waals surface area contributed by atoms with Crippen LogP contribution in [0, 0.1) is 11.7 Å². The molecule has 0 saturated carbocycles. The van der Waals surface area contributed by atoms with Crippen molar-refractivity contribution in [3.63, 3.8) is 0 Å². The smallest absolute Gasteiger partial charge is 0.256 e. The Bertz CT molecular complexity index is 1150. The number of likely N-dealkylation sites (tertiary alicyclic amines) is 1. The van der Waals surface area contributed by atoms with Crippen molar-refractivity contribution in [3.8, 4) is 0 Å². The third kappa shape index (κ3) is 5.20. The molecule has 2 aromatic rings. The van der Waals surface area contributed by atoms with Crippen LogP contribution in [0.25, 0.3) is 0 Å². The fourth-order valence-corrected chi connectivity index (χ4v) is 5.95. The van der Waals surface area contributed by atoms with E-state index in [-0.39, 0.29) is 29.8 Å². The van der Waals surface area contributed by atoms with Gasteiger partial charge in [-0.3, -0.25) is 9.59 Å². The van der Waals surface area contributed by atoms with Gasteiger partial charge in [0.1, 0.15) is 5.82 Å². The van der Waals surface area contributed by atoms with E-state index in [2.05, 4.69) is 5.32 Å². The second-order valence-corrected chi connectivity index (χ2v) is 10.7. The molecule has 0 bridgehead atoms. The first-order valence-corrected chi connectivity index (χ1v) is 12.7. The highest BCUT2D eigenvalue weighted by Crippen LogP contribution is 2.28. The normalized spacial score (nSPS) is 19.5. The number of anilines is 1. The third-order valence-corrected chi connectivity index (χ3v) is 8.18. The minimum absolute atomic E-state index is 0.00847. The fourth-order valence-electron chi connectivity index (χ4n) is 4.26. The maximum atomic E-state index is 13.2. The molecule has 4 rings (SSSR count). The van der Waals surface area contributed by atoms with Gasteiger partial charge >= 0.3 is 0 Å². The van der Waals surface area contributed by atoms with Gasteiger partial charge in [-0.1, -0.05) is 11.6 Å². The molecular formula is C23H25ClFN3O4S. The Balaban J connectivity index is 1.50. The molecule has 176 valence electrons. The predicted molar refractivity (Wildman–Crippen MR) is 123 cm³/mol. The van der Waals surface area contributed by atoms with Gasteiger partial charge in [-0.25, -0.2) is 12.8 Å². The van der Waals surface area contributed by atoms with E-state index < -0.39 is 21.8 Å². The predicted octanol–water partition coefficient (Wildman–Crippen LogP) is 3.75. The van der Waals surface area contributed by atoms with E-state index in [1.807, 2.05) is 0 Å². The van der Waals surface area contributed by atoms with E-state index in [9.17, 15) is 22.4 Å². The molecular weight excluding hydrogens is 469 g/mol. The van der Waals surface area contributed by atoms with E-state index >= 15 is 0 Å². The summed E-state index contributed by atoms with van der Waals surface area (Å²) < 4.78 is 40.4. The zero-order valence-corrected chi connectivity index (χ0v) is 19.5. The maximum absolute atomic E-state index is 13.2. The molecule has 2 aliphatic heterocycles. The lowest BCUT2D eigenvalue weighted by Crippen LogP contribution is -2.43. The second-order valence-electron chi connectivity index (χ2n) is 8.33. The van der Waals surface area contributed by atoms with Crippen molar-refractivity contribution in [2.75, 3.05) is 31.5 Å². The van der Waals surface area contributed by atoms with Gasteiger partial charge in [0.25, 0.3) is 5.91 Å². The van der Waals surface area contributed by atoms with Crippen LogP contribution in [0.5, 0.6) is 0 Å². The van der Waals surface area contributed by atoms with Crippen LogP contribution in [-0.2, 0) is 14.8 Å². The van der Waals surface area contributed by atoms with Crippen molar-refractivity contribution in [3.05, 3.63) is 58.9 Å². The van der Waals surface area contributed by atoms with Crippen LogP contribution in [0.3, 0.4) is 0 Å². The second kappa shape index (κ2) is 9.79. The molecule has 0 spiro atoms. The Labute approximate surface area is 197 Å². The van der Waals surface area contributed by atoms with Crippen LogP contribution in [0.15, 0.2) is 47.4 Å². The number of piperidine rings is 1. The first kappa shape index (κ1) is 23.7. The lowest BCUT2D eigenvalue weighted by atomic mass is 9.98. The van der Waals surface area contributed by atoms with E-state index in [1.165, 1.54) is 16.4 Å². The van der Waals surface area contributed by atoms with Gasteiger partial charge in [-0.15, -0.1) is 0 Å². The summed E-state index contributed by atoms with van der Waals surface area (Å²) in [6, 6.07) is 9.38. The van der Waals surface area contributed by atoms with Crippen molar-refractivity contribution in [2.24, 2.45) is 5.92 Å². The zero-order chi connectivity index (χ0) is 23.6. The summed E-state index contributed by atoms with van der Waals surface area (Å²) in [6.45, 7) is 1.62. The van der Waals surface area contributed by atoms with Crippen molar-refractivity contribution in [1.82, 2.24) is 9.21 Å². The van der Waals surface area contributed by atoms with Gasteiger partial charge < -0.3 is 10.2 Å². The monoisotopic (exact) mass is 493 g/mol. The Morgan fingerprint density at radius 1 is 1.00 bits per heavy atom. The van der Waals surface area contributed by atoms with Crippen LogP contribution in [-0.4, -0.2) is 55.6 Å². The number of nitrogens with zero attached hydrogens (tertiary/aromatic N) is 2. The summed E-state index contributed by atoms with van der Waals surface area (Å²) in [5.74, 6) is -1.65. The van der Waals surface area contributed by atoms with Gasteiger partial charge in [0.15, 0.2) is 0 Å². The Morgan fingerprint density at radius 3 is 2.39 bits per heavy atom. The van der Waals surface area contributed by atoms with E-state index in [4.69, 9.17) is 11.6 Å². The number of benzene rings is 2. The number of halogens is 2. The molecule has 2 aliphatic rings. The average molecular weight is 494 g/mol. The number of amides is 2. The first-order chi connectivity index (χ1) is 15.8. The molecule has 1 unspecified atom stereocenters. The molecule has 0 radical (unpaired) electrons. The number of hydrogen-bond donors (Lipinski definition) is 1. The van der Waals surface area contributed by atoms with Crippen molar-refractivity contribution >= 4 is 39.1 Å². The number of rotatable bonds is 5. The molecule has 2 aromatic carbocycles. The zero-order valence-electron chi connectivity index (χ0n) is 18.0. The summed E-state index contributed by atoms with van der Waals surface area (Å²) in [5.41, 5.74) is 0.684. The molecule has 0 aromatic heterocycles. The highest BCUT2D eigenvalue weighted by Gasteiger charge is 2.34. The molecule has 33 heavy (non-hydrogen) atoms. The topological polar surface area (TPSA) is 86.8 Å². The number of hydrogen-bond acceptors (Lipinski definition) is 4. The van der Waals surface area contributed by atoms with Crippen LogP contribution in [0.1, 0.15) is 36.0 Å². The van der Waals surface area contributed by atoms with Gasteiger partial charge in [0.2, 0.25) is 15.9 Å². The maximum Gasteiger partial charge on any atom is 0.256 e. The number of carbonyl (C=O) groups is 2. The number of carbonyl (C=O) groups excluding carboxylic acids is 2. The highest BCUT2D eigenvalue weighted by molar-refractivity contribution is 7.89. The molecule has 10 heteroatoms. The molecule has 2 fully saturated rings. The third-order valence-electron chi connectivity index (χ3n) is 6.07. The van der Waals surface area contributed by atoms with E-state index in [0.717, 1.165) is 25.0 Å². The van der Waals surface area contributed by atoms with Gasteiger partial charge in [0.05, 0.1) is 22.1 Å². The minimum atomic E-state index is -3.85. The SMILES string of the molecule is O=C(Nc1ccc(Cl)cc1C(=O)N1CCCC1)C1CCCN(S(=O)(=O)c2ccc(F)cc2)C1. The summed E-state index contributed by atoms with van der Waals surface area (Å²) in [4.78, 5) is 27.7. The largest absolute Gasteiger partial charge is 0.339 e.